The van der Waals surface area contributed by atoms with Crippen LogP contribution in [0.2, 0.25) is 5.02 Å². The van der Waals surface area contributed by atoms with Crippen LogP contribution in [0.4, 0.5) is 0 Å². The molecule has 0 bridgehead atoms. The Morgan fingerprint density at radius 3 is 2.69 bits per heavy atom. The Bertz CT molecular complexity index is 286. The predicted molar refractivity (Wildman–Crippen MR) is 55.1 cm³/mol. The van der Waals surface area contributed by atoms with E-state index >= 15 is 0 Å². The van der Waals surface area contributed by atoms with Crippen LogP contribution in [0, 0.1) is 0 Å². The van der Waals surface area contributed by atoms with Crippen LogP contribution in [0.15, 0.2) is 18.2 Å². The minimum Gasteiger partial charge on any atom is -0.491 e. The summed E-state index contributed by atoms with van der Waals surface area (Å²) in [5.41, 5.74) is 6.54. The summed E-state index contributed by atoms with van der Waals surface area (Å²) < 4.78 is 5.55. The molecule has 0 aliphatic rings. The van der Waals surface area contributed by atoms with E-state index in [1.54, 1.807) is 6.07 Å². The van der Waals surface area contributed by atoms with E-state index in [2.05, 4.69) is 0 Å². The van der Waals surface area contributed by atoms with Gasteiger partial charge in [-0.3, -0.25) is 0 Å². The summed E-state index contributed by atoms with van der Waals surface area (Å²) >= 11 is 5.84. The molecule has 3 heteroatoms. The third kappa shape index (κ3) is 2.90. The van der Waals surface area contributed by atoms with Gasteiger partial charge in [0, 0.05) is 17.1 Å². The van der Waals surface area contributed by atoms with Crippen molar-refractivity contribution in [3.8, 4) is 5.75 Å². The van der Waals surface area contributed by atoms with Crippen molar-refractivity contribution in [1.82, 2.24) is 0 Å². The van der Waals surface area contributed by atoms with E-state index in [4.69, 9.17) is 22.1 Å². The fourth-order valence-corrected chi connectivity index (χ4v) is 1.22. The molecule has 0 saturated carbocycles. The number of rotatable bonds is 3. The van der Waals surface area contributed by atoms with E-state index in [0.717, 1.165) is 11.3 Å². The molecule has 2 N–H and O–H groups in total. The molecule has 1 rings (SSSR count). The maximum atomic E-state index is 5.84. The smallest absolute Gasteiger partial charge is 0.125 e. The van der Waals surface area contributed by atoms with E-state index in [9.17, 15) is 0 Å². The molecule has 0 unspecified atom stereocenters. The predicted octanol–water partition coefficient (Wildman–Crippen LogP) is 2.59. The zero-order chi connectivity index (χ0) is 9.84. The molecule has 0 amide bonds. The van der Waals surface area contributed by atoms with Gasteiger partial charge in [-0.25, -0.2) is 0 Å². The lowest BCUT2D eigenvalue weighted by atomic mass is 10.2. The van der Waals surface area contributed by atoms with Crippen LogP contribution >= 0.6 is 11.6 Å². The molecule has 0 aliphatic carbocycles. The highest BCUT2D eigenvalue weighted by molar-refractivity contribution is 6.30. The molecule has 0 saturated heterocycles. The van der Waals surface area contributed by atoms with Crippen molar-refractivity contribution in [2.45, 2.75) is 26.5 Å². The van der Waals surface area contributed by atoms with E-state index in [0.29, 0.717) is 11.6 Å². The highest BCUT2D eigenvalue weighted by atomic mass is 35.5. The number of halogens is 1. The van der Waals surface area contributed by atoms with Crippen LogP contribution in [0.1, 0.15) is 19.4 Å². The normalized spacial score (nSPS) is 10.5. The zero-order valence-electron chi connectivity index (χ0n) is 7.88. The van der Waals surface area contributed by atoms with Crippen molar-refractivity contribution in [3.63, 3.8) is 0 Å². The summed E-state index contributed by atoms with van der Waals surface area (Å²) in [6, 6.07) is 5.50. The van der Waals surface area contributed by atoms with Crippen molar-refractivity contribution in [3.05, 3.63) is 28.8 Å². The van der Waals surface area contributed by atoms with E-state index < -0.39 is 0 Å². The second-order valence-electron chi connectivity index (χ2n) is 3.12. The van der Waals surface area contributed by atoms with Crippen molar-refractivity contribution in [1.29, 1.82) is 0 Å². The van der Waals surface area contributed by atoms with Crippen LogP contribution in [-0.2, 0) is 6.54 Å². The highest BCUT2D eigenvalue weighted by Gasteiger charge is 2.04. The fraction of sp³-hybridized carbons (Fsp3) is 0.400. The first-order valence-electron chi connectivity index (χ1n) is 4.28. The zero-order valence-corrected chi connectivity index (χ0v) is 8.64. The third-order valence-corrected chi connectivity index (χ3v) is 1.85. The standard InChI is InChI=1S/C10H14ClNO/c1-7(2)13-10-5-9(11)4-3-8(10)6-12/h3-5,7H,6,12H2,1-2H3. The lowest BCUT2D eigenvalue weighted by Crippen LogP contribution is -2.09. The molecule has 13 heavy (non-hydrogen) atoms. The maximum absolute atomic E-state index is 5.84. The summed E-state index contributed by atoms with van der Waals surface area (Å²) in [5, 5.41) is 0.674. The first-order chi connectivity index (χ1) is 6.13. The number of hydrogen-bond donors (Lipinski definition) is 1. The van der Waals surface area contributed by atoms with Gasteiger partial charge in [0.15, 0.2) is 0 Å². The first-order valence-corrected chi connectivity index (χ1v) is 4.66. The molecule has 0 aromatic heterocycles. The van der Waals surface area contributed by atoms with Crippen LogP contribution in [0.3, 0.4) is 0 Å². The molecular weight excluding hydrogens is 186 g/mol. The molecule has 1 aromatic carbocycles. The highest BCUT2D eigenvalue weighted by Crippen LogP contribution is 2.23. The molecule has 2 nitrogen and oxygen atoms in total. The average Bonchev–Trinajstić information content (AvgIpc) is 2.03. The number of benzene rings is 1. The van der Waals surface area contributed by atoms with Gasteiger partial charge in [0.1, 0.15) is 5.75 Å². The van der Waals surface area contributed by atoms with Gasteiger partial charge in [-0.05, 0) is 26.0 Å². The topological polar surface area (TPSA) is 35.2 Å². The summed E-state index contributed by atoms with van der Waals surface area (Å²) in [4.78, 5) is 0. The van der Waals surface area contributed by atoms with Gasteiger partial charge in [0.2, 0.25) is 0 Å². The van der Waals surface area contributed by atoms with E-state index in [-0.39, 0.29) is 6.10 Å². The number of hydrogen-bond acceptors (Lipinski definition) is 2. The molecule has 0 radical (unpaired) electrons. The summed E-state index contributed by atoms with van der Waals surface area (Å²) in [7, 11) is 0. The van der Waals surface area contributed by atoms with Gasteiger partial charge in [-0.2, -0.15) is 0 Å². The van der Waals surface area contributed by atoms with E-state index in [1.807, 2.05) is 26.0 Å². The molecule has 0 heterocycles. The molecule has 0 fully saturated rings. The fourth-order valence-electron chi connectivity index (χ4n) is 1.06. The Hall–Kier alpha value is -0.730. The lowest BCUT2D eigenvalue weighted by Gasteiger charge is -2.13. The first kappa shape index (κ1) is 10.4. The Labute approximate surface area is 83.6 Å². The van der Waals surface area contributed by atoms with Crippen LogP contribution in [0.5, 0.6) is 5.75 Å². The van der Waals surface area contributed by atoms with E-state index in [1.165, 1.54) is 0 Å². The van der Waals surface area contributed by atoms with Gasteiger partial charge in [0.25, 0.3) is 0 Å². The minimum absolute atomic E-state index is 0.142. The molecule has 0 spiro atoms. The molecule has 72 valence electrons. The van der Waals surface area contributed by atoms with Gasteiger partial charge in [0.05, 0.1) is 6.10 Å². The van der Waals surface area contributed by atoms with Gasteiger partial charge >= 0.3 is 0 Å². The van der Waals surface area contributed by atoms with Crippen LogP contribution < -0.4 is 10.5 Å². The molecule has 0 atom stereocenters. The largest absolute Gasteiger partial charge is 0.491 e. The van der Waals surface area contributed by atoms with Gasteiger partial charge in [-0.1, -0.05) is 17.7 Å². The molecule has 0 aliphatic heterocycles. The second kappa shape index (κ2) is 4.49. The Morgan fingerprint density at radius 2 is 2.15 bits per heavy atom. The summed E-state index contributed by atoms with van der Waals surface area (Å²) in [6.45, 7) is 4.42. The summed E-state index contributed by atoms with van der Waals surface area (Å²) in [5.74, 6) is 0.782. The number of ether oxygens (including phenoxy) is 1. The van der Waals surface area contributed by atoms with Gasteiger partial charge in [-0.15, -0.1) is 0 Å². The van der Waals surface area contributed by atoms with Crippen LogP contribution in [-0.4, -0.2) is 6.10 Å². The van der Waals surface area contributed by atoms with Crippen molar-refractivity contribution in [2.75, 3.05) is 0 Å². The molecular formula is C10H14ClNO. The lowest BCUT2D eigenvalue weighted by molar-refractivity contribution is 0.240. The third-order valence-electron chi connectivity index (χ3n) is 1.61. The average molecular weight is 200 g/mol. The maximum Gasteiger partial charge on any atom is 0.125 e. The van der Waals surface area contributed by atoms with Gasteiger partial charge < -0.3 is 10.5 Å². The Kier molecular flexibility index (Phi) is 3.58. The molecule has 1 aromatic rings. The Morgan fingerprint density at radius 1 is 1.46 bits per heavy atom. The second-order valence-corrected chi connectivity index (χ2v) is 3.56. The monoisotopic (exact) mass is 199 g/mol. The SMILES string of the molecule is CC(C)Oc1cc(Cl)ccc1CN. The summed E-state index contributed by atoms with van der Waals surface area (Å²) in [6.07, 6.45) is 0.142. The van der Waals surface area contributed by atoms with Crippen LogP contribution in [0.25, 0.3) is 0 Å². The quantitative estimate of drug-likeness (QED) is 0.812. The van der Waals surface area contributed by atoms with Crippen molar-refractivity contribution >= 4 is 11.6 Å². The minimum atomic E-state index is 0.142. The van der Waals surface area contributed by atoms with Crippen molar-refractivity contribution in [2.24, 2.45) is 5.73 Å². The Balaban J connectivity index is 2.94. The number of nitrogens with two attached hydrogens (primary N) is 1. The van der Waals surface area contributed by atoms with Crippen molar-refractivity contribution < 1.29 is 4.74 Å².